The molecule has 0 aromatic carbocycles. The lowest BCUT2D eigenvalue weighted by Crippen LogP contribution is -2.30. The first kappa shape index (κ1) is 60.2. The lowest BCUT2D eigenvalue weighted by molar-refractivity contribution is -0.167. The number of hydrogen-bond acceptors (Lipinski definition) is 6. The fourth-order valence-electron chi connectivity index (χ4n) is 8.32. The van der Waals surface area contributed by atoms with E-state index in [0.717, 1.165) is 64.2 Å². The van der Waals surface area contributed by atoms with Gasteiger partial charge in [0, 0.05) is 19.3 Å². The first-order valence-electron chi connectivity index (χ1n) is 27.7. The van der Waals surface area contributed by atoms with Crippen molar-refractivity contribution in [2.75, 3.05) is 13.2 Å². The molecule has 1 unspecified atom stereocenters. The lowest BCUT2D eigenvalue weighted by Gasteiger charge is -2.18. The van der Waals surface area contributed by atoms with Crippen molar-refractivity contribution < 1.29 is 28.6 Å². The summed E-state index contributed by atoms with van der Waals surface area (Å²) in [6.45, 7) is 6.64. The van der Waals surface area contributed by atoms with Crippen molar-refractivity contribution in [1.29, 1.82) is 0 Å². The molecular weight excluding hydrogens is 769 g/mol. The summed E-state index contributed by atoms with van der Waals surface area (Å²) in [6, 6.07) is 0. The predicted molar refractivity (Wildman–Crippen MR) is 266 cm³/mol. The number of allylic oxidation sites excluding steroid dienone is 2. The third-order valence-corrected chi connectivity index (χ3v) is 12.5. The first-order chi connectivity index (χ1) is 30.5. The molecule has 0 fully saturated rings. The van der Waals surface area contributed by atoms with Crippen molar-refractivity contribution in [3.63, 3.8) is 0 Å². The normalized spacial score (nSPS) is 12.0. The summed E-state index contributed by atoms with van der Waals surface area (Å²) in [6.07, 6.45) is 57.8. The van der Waals surface area contributed by atoms with E-state index in [9.17, 15) is 14.4 Å². The van der Waals surface area contributed by atoms with Gasteiger partial charge in [0.05, 0.1) is 0 Å². The van der Waals surface area contributed by atoms with Gasteiger partial charge in [-0.15, -0.1) is 0 Å². The summed E-state index contributed by atoms with van der Waals surface area (Å²) in [7, 11) is 0. The summed E-state index contributed by atoms with van der Waals surface area (Å²) < 4.78 is 16.8. The molecule has 6 heteroatoms. The van der Waals surface area contributed by atoms with E-state index in [1.165, 1.54) is 205 Å². The lowest BCUT2D eigenvalue weighted by atomic mass is 10.0. The molecule has 0 bridgehead atoms. The zero-order valence-electron chi connectivity index (χ0n) is 41.9. The van der Waals surface area contributed by atoms with Crippen molar-refractivity contribution >= 4 is 17.9 Å². The van der Waals surface area contributed by atoms with Gasteiger partial charge in [0.1, 0.15) is 13.2 Å². The summed E-state index contributed by atoms with van der Waals surface area (Å²) >= 11 is 0. The fourth-order valence-corrected chi connectivity index (χ4v) is 8.32. The highest BCUT2D eigenvalue weighted by molar-refractivity contribution is 5.71. The van der Waals surface area contributed by atoms with Crippen LogP contribution < -0.4 is 0 Å². The van der Waals surface area contributed by atoms with E-state index in [4.69, 9.17) is 14.2 Å². The van der Waals surface area contributed by atoms with Crippen LogP contribution in [0.5, 0.6) is 0 Å². The van der Waals surface area contributed by atoms with E-state index in [1.54, 1.807) is 0 Å². The maximum atomic E-state index is 12.8. The van der Waals surface area contributed by atoms with E-state index in [2.05, 4.69) is 32.9 Å². The minimum Gasteiger partial charge on any atom is -0.462 e. The van der Waals surface area contributed by atoms with Gasteiger partial charge in [-0.05, 0) is 44.9 Å². The van der Waals surface area contributed by atoms with Gasteiger partial charge in [-0.1, -0.05) is 258 Å². The number of esters is 3. The SMILES string of the molecule is CCCCC/C=C\CCCCCCCC(=O)OC(COC(=O)CCCCCCCCCCCC)COC(=O)CCCCCCCCCCCCCCCCCCCCCCCC. The van der Waals surface area contributed by atoms with E-state index in [1.807, 2.05) is 0 Å². The highest BCUT2D eigenvalue weighted by atomic mass is 16.6. The van der Waals surface area contributed by atoms with Crippen LogP contribution in [0.3, 0.4) is 0 Å². The van der Waals surface area contributed by atoms with Crippen molar-refractivity contribution in [2.45, 2.75) is 316 Å². The van der Waals surface area contributed by atoms with Crippen molar-refractivity contribution in [3.05, 3.63) is 12.2 Å². The molecule has 62 heavy (non-hydrogen) atoms. The molecule has 0 heterocycles. The minimum absolute atomic E-state index is 0.0681. The second-order valence-electron chi connectivity index (χ2n) is 18.9. The molecule has 0 aliphatic carbocycles. The average molecular weight is 875 g/mol. The molecule has 0 rings (SSSR count). The standard InChI is InChI=1S/C56H106O6/c1-4-7-10-13-16-19-22-24-25-26-27-28-29-30-31-32-33-35-37-40-43-46-49-55(58)61-52-53(51-60-54(57)48-45-42-39-36-21-18-15-12-9-6-3)62-56(59)50-47-44-41-38-34-23-20-17-14-11-8-5-2/h17,20,53H,4-16,18-19,21-52H2,1-3H3/b20-17-. The maximum Gasteiger partial charge on any atom is 0.306 e. The number of unbranched alkanes of at least 4 members (excludes halogenated alkanes) is 38. The Morgan fingerprint density at radius 3 is 0.839 bits per heavy atom. The molecule has 6 nitrogen and oxygen atoms in total. The fraction of sp³-hybridized carbons (Fsp3) is 0.911. The summed E-state index contributed by atoms with van der Waals surface area (Å²) in [5, 5.41) is 0. The van der Waals surface area contributed by atoms with Crippen LogP contribution in [0.1, 0.15) is 310 Å². The molecule has 0 saturated carbocycles. The topological polar surface area (TPSA) is 78.9 Å². The Bertz CT molecular complexity index is 962. The van der Waals surface area contributed by atoms with Crippen LogP contribution >= 0.6 is 0 Å². The molecule has 0 saturated heterocycles. The van der Waals surface area contributed by atoms with Gasteiger partial charge in [0.2, 0.25) is 0 Å². The Morgan fingerprint density at radius 1 is 0.306 bits per heavy atom. The maximum absolute atomic E-state index is 12.8. The van der Waals surface area contributed by atoms with Crippen LogP contribution in [-0.4, -0.2) is 37.2 Å². The molecule has 0 radical (unpaired) electrons. The molecule has 0 aliphatic heterocycles. The van der Waals surface area contributed by atoms with Gasteiger partial charge >= 0.3 is 17.9 Å². The number of rotatable bonds is 51. The smallest absolute Gasteiger partial charge is 0.306 e. The van der Waals surface area contributed by atoms with Crippen LogP contribution in [0.25, 0.3) is 0 Å². The van der Waals surface area contributed by atoms with Crippen LogP contribution in [0.4, 0.5) is 0 Å². The quantitative estimate of drug-likeness (QED) is 0.0262. The molecule has 366 valence electrons. The van der Waals surface area contributed by atoms with Crippen LogP contribution in [0.2, 0.25) is 0 Å². The number of ether oxygens (including phenoxy) is 3. The molecule has 0 N–H and O–H groups in total. The molecule has 0 amide bonds. The third kappa shape index (κ3) is 49.2. The minimum atomic E-state index is -0.767. The van der Waals surface area contributed by atoms with E-state index in [-0.39, 0.29) is 31.1 Å². The van der Waals surface area contributed by atoms with Crippen LogP contribution in [-0.2, 0) is 28.6 Å². The van der Waals surface area contributed by atoms with Gasteiger partial charge in [-0.2, -0.15) is 0 Å². The largest absolute Gasteiger partial charge is 0.462 e. The second-order valence-corrected chi connectivity index (χ2v) is 18.9. The molecule has 0 spiro atoms. The Balaban J connectivity index is 4.17. The molecular formula is C56H106O6. The number of carbonyl (C=O) groups excluding carboxylic acids is 3. The molecule has 0 aliphatic rings. The van der Waals surface area contributed by atoms with Crippen LogP contribution in [0.15, 0.2) is 12.2 Å². The van der Waals surface area contributed by atoms with Crippen molar-refractivity contribution in [1.82, 2.24) is 0 Å². The average Bonchev–Trinajstić information content (AvgIpc) is 3.27. The number of hydrogen-bond donors (Lipinski definition) is 0. The van der Waals surface area contributed by atoms with Crippen molar-refractivity contribution in [3.8, 4) is 0 Å². The Hall–Kier alpha value is -1.85. The van der Waals surface area contributed by atoms with E-state index >= 15 is 0 Å². The third-order valence-electron chi connectivity index (χ3n) is 12.5. The van der Waals surface area contributed by atoms with Crippen molar-refractivity contribution in [2.24, 2.45) is 0 Å². The highest BCUT2D eigenvalue weighted by Crippen LogP contribution is 2.17. The Labute approximate surface area is 386 Å². The monoisotopic (exact) mass is 875 g/mol. The Morgan fingerprint density at radius 2 is 0.532 bits per heavy atom. The Kier molecular flexibility index (Phi) is 50.2. The van der Waals surface area contributed by atoms with Gasteiger partial charge in [0.25, 0.3) is 0 Å². The van der Waals surface area contributed by atoms with E-state index < -0.39 is 6.10 Å². The van der Waals surface area contributed by atoms with Gasteiger partial charge in [-0.3, -0.25) is 14.4 Å². The molecule has 1 atom stereocenters. The van der Waals surface area contributed by atoms with Crippen LogP contribution in [0, 0.1) is 0 Å². The van der Waals surface area contributed by atoms with E-state index in [0.29, 0.717) is 19.3 Å². The summed E-state index contributed by atoms with van der Waals surface area (Å²) in [5.74, 6) is -0.861. The zero-order valence-corrected chi connectivity index (χ0v) is 41.9. The van der Waals surface area contributed by atoms with Gasteiger partial charge < -0.3 is 14.2 Å². The summed E-state index contributed by atoms with van der Waals surface area (Å²) in [5.41, 5.74) is 0. The van der Waals surface area contributed by atoms with Gasteiger partial charge in [-0.25, -0.2) is 0 Å². The second kappa shape index (κ2) is 51.8. The highest BCUT2D eigenvalue weighted by Gasteiger charge is 2.19. The van der Waals surface area contributed by atoms with Gasteiger partial charge in [0.15, 0.2) is 6.10 Å². The molecule has 0 aromatic rings. The predicted octanol–water partition coefficient (Wildman–Crippen LogP) is 18.2. The summed E-state index contributed by atoms with van der Waals surface area (Å²) in [4.78, 5) is 37.9. The number of carbonyl (C=O) groups is 3. The molecule has 0 aromatic heterocycles. The zero-order chi connectivity index (χ0) is 45.1. The first-order valence-corrected chi connectivity index (χ1v) is 27.7.